The van der Waals surface area contributed by atoms with Gasteiger partial charge in [0, 0.05) is 29.7 Å². The Kier molecular flexibility index (Phi) is 4.99. The highest BCUT2D eigenvalue weighted by molar-refractivity contribution is 6.30. The van der Waals surface area contributed by atoms with Crippen LogP contribution in [0.4, 0.5) is 0 Å². The molecule has 0 amide bonds. The van der Waals surface area contributed by atoms with Crippen LogP contribution in [0.5, 0.6) is 0 Å². The van der Waals surface area contributed by atoms with E-state index in [0.717, 1.165) is 25.1 Å². The molecule has 108 valence electrons. The van der Waals surface area contributed by atoms with E-state index in [1.807, 2.05) is 24.3 Å². The first-order valence-corrected chi connectivity index (χ1v) is 6.65. The summed E-state index contributed by atoms with van der Waals surface area (Å²) in [5, 5.41) is 4.65. The van der Waals surface area contributed by atoms with Crippen molar-refractivity contribution in [2.45, 2.75) is 19.0 Å². The molecule has 0 saturated carbocycles. The van der Waals surface area contributed by atoms with Crippen LogP contribution in [0.1, 0.15) is 12.3 Å². The number of benzene rings is 1. The minimum Gasteiger partial charge on any atom is -0.338 e. The number of nitrogens with two attached hydrogens (primary N) is 1. The van der Waals surface area contributed by atoms with Crippen molar-refractivity contribution < 1.29 is 4.52 Å². The lowest BCUT2D eigenvalue weighted by molar-refractivity contribution is 0.265. The summed E-state index contributed by atoms with van der Waals surface area (Å²) in [5.74, 6) is 1.19. The molecule has 1 saturated heterocycles. The number of hydrogen-bond donors (Lipinski definition) is 1. The number of rotatable bonds is 3. The van der Waals surface area contributed by atoms with E-state index in [4.69, 9.17) is 21.9 Å². The number of nitrogens with zero attached hydrogens (tertiary/aromatic N) is 3. The lowest BCUT2D eigenvalue weighted by Crippen LogP contribution is -2.26. The van der Waals surface area contributed by atoms with E-state index >= 15 is 0 Å². The molecule has 1 aromatic heterocycles. The van der Waals surface area contributed by atoms with Crippen molar-refractivity contribution in [3.63, 3.8) is 0 Å². The molecule has 0 radical (unpaired) electrons. The van der Waals surface area contributed by atoms with Crippen LogP contribution in [-0.4, -0.2) is 34.2 Å². The minimum absolute atomic E-state index is 0. The molecule has 1 aliphatic heterocycles. The maximum absolute atomic E-state index is 5.95. The highest BCUT2D eigenvalue weighted by Gasteiger charge is 2.21. The van der Waals surface area contributed by atoms with Gasteiger partial charge in [0.25, 0.3) is 0 Å². The molecule has 1 fully saturated rings. The van der Waals surface area contributed by atoms with Crippen LogP contribution in [0.2, 0.25) is 5.02 Å². The second kappa shape index (κ2) is 6.54. The summed E-state index contributed by atoms with van der Waals surface area (Å²) in [6, 6.07) is 7.68. The fraction of sp³-hybridized carbons (Fsp3) is 0.385. The van der Waals surface area contributed by atoms with Crippen LogP contribution in [-0.2, 0) is 6.54 Å². The largest absolute Gasteiger partial charge is 0.338 e. The van der Waals surface area contributed by atoms with Crippen molar-refractivity contribution in [3.8, 4) is 11.4 Å². The third-order valence-electron chi connectivity index (χ3n) is 3.22. The molecule has 5 nitrogen and oxygen atoms in total. The van der Waals surface area contributed by atoms with Crippen LogP contribution in [0, 0.1) is 0 Å². The Labute approximate surface area is 128 Å². The van der Waals surface area contributed by atoms with Gasteiger partial charge in [-0.05, 0) is 18.6 Å². The van der Waals surface area contributed by atoms with Gasteiger partial charge in [0.05, 0.1) is 6.54 Å². The quantitative estimate of drug-likeness (QED) is 0.941. The van der Waals surface area contributed by atoms with Crippen molar-refractivity contribution in [2.24, 2.45) is 5.73 Å². The van der Waals surface area contributed by atoms with Gasteiger partial charge in [-0.3, -0.25) is 4.90 Å². The SMILES string of the molecule is Cl.NC1CCN(Cc2nc(-c3cccc(Cl)c3)no2)C1. The Morgan fingerprint density at radius 3 is 3.00 bits per heavy atom. The average Bonchev–Trinajstić information content (AvgIpc) is 2.99. The number of likely N-dealkylation sites (tertiary alicyclic amines) is 1. The molecule has 3 rings (SSSR count). The normalized spacial score (nSPS) is 19.0. The number of hydrogen-bond acceptors (Lipinski definition) is 5. The van der Waals surface area contributed by atoms with E-state index in [9.17, 15) is 0 Å². The lowest BCUT2D eigenvalue weighted by Gasteiger charge is -2.10. The third-order valence-corrected chi connectivity index (χ3v) is 3.45. The topological polar surface area (TPSA) is 68.2 Å². The number of halogens is 2. The summed E-state index contributed by atoms with van der Waals surface area (Å²) in [5.41, 5.74) is 6.73. The van der Waals surface area contributed by atoms with E-state index in [0.29, 0.717) is 23.3 Å². The van der Waals surface area contributed by atoms with E-state index in [1.165, 1.54) is 0 Å². The monoisotopic (exact) mass is 314 g/mol. The van der Waals surface area contributed by atoms with Gasteiger partial charge in [-0.25, -0.2) is 0 Å². The molecular weight excluding hydrogens is 299 g/mol. The van der Waals surface area contributed by atoms with Crippen LogP contribution in [0.3, 0.4) is 0 Å². The zero-order valence-electron chi connectivity index (χ0n) is 10.8. The van der Waals surface area contributed by atoms with Crippen LogP contribution >= 0.6 is 24.0 Å². The first-order valence-electron chi connectivity index (χ1n) is 6.27. The summed E-state index contributed by atoms with van der Waals surface area (Å²) < 4.78 is 5.27. The molecule has 2 aromatic rings. The minimum atomic E-state index is 0. The Bertz CT molecular complexity index is 575. The Morgan fingerprint density at radius 2 is 2.30 bits per heavy atom. The van der Waals surface area contributed by atoms with Gasteiger partial charge >= 0.3 is 0 Å². The summed E-state index contributed by atoms with van der Waals surface area (Å²) >= 11 is 5.95. The molecule has 0 bridgehead atoms. The Hall–Kier alpha value is -1.14. The molecule has 20 heavy (non-hydrogen) atoms. The fourth-order valence-corrected chi connectivity index (χ4v) is 2.45. The molecule has 2 N–H and O–H groups in total. The summed E-state index contributed by atoms with van der Waals surface area (Å²) in [4.78, 5) is 6.61. The zero-order chi connectivity index (χ0) is 13.2. The van der Waals surface area contributed by atoms with Crippen molar-refractivity contribution in [3.05, 3.63) is 35.2 Å². The molecule has 0 spiro atoms. The predicted molar refractivity (Wildman–Crippen MR) is 79.9 cm³/mol. The third kappa shape index (κ3) is 3.49. The van der Waals surface area contributed by atoms with Gasteiger partial charge in [-0.15, -0.1) is 12.4 Å². The molecule has 2 heterocycles. The van der Waals surface area contributed by atoms with Crippen LogP contribution in [0.15, 0.2) is 28.8 Å². The molecule has 0 aliphatic carbocycles. The maximum atomic E-state index is 5.95. The van der Waals surface area contributed by atoms with Crippen molar-refractivity contribution in [1.82, 2.24) is 15.0 Å². The predicted octanol–water partition coefficient (Wildman–Crippen LogP) is 2.34. The molecule has 1 aromatic carbocycles. The summed E-state index contributed by atoms with van der Waals surface area (Å²) in [6.07, 6.45) is 1.02. The standard InChI is InChI=1S/C13H15ClN4O.ClH/c14-10-3-1-2-9(6-10)13-16-12(19-17-13)8-18-5-4-11(15)7-18;/h1-3,6,11H,4-5,7-8,15H2;1H. The Morgan fingerprint density at radius 1 is 1.45 bits per heavy atom. The molecule has 1 atom stereocenters. The smallest absolute Gasteiger partial charge is 0.241 e. The van der Waals surface area contributed by atoms with Crippen LogP contribution in [0.25, 0.3) is 11.4 Å². The second-order valence-corrected chi connectivity index (χ2v) is 5.24. The van der Waals surface area contributed by atoms with Gasteiger partial charge in [0.1, 0.15) is 0 Å². The van der Waals surface area contributed by atoms with Crippen molar-refractivity contribution >= 4 is 24.0 Å². The van der Waals surface area contributed by atoms with Gasteiger partial charge < -0.3 is 10.3 Å². The molecule has 1 unspecified atom stereocenters. The van der Waals surface area contributed by atoms with E-state index in [1.54, 1.807) is 0 Å². The van der Waals surface area contributed by atoms with Gasteiger partial charge in [0.15, 0.2) is 0 Å². The van der Waals surface area contributed by atoms with E-state index in [2.05, 4.69) is 15.0 Å². The molecular formula is C13H16Cl2N4O. The van der Waals surface area contributed by atoms with Crippen molar-refractivity contribution in [2.75, 3.05) is 13.1 Å². The first-order chi connectivity index (χ1) is 9.20. The number of aromatic nitrogens is 2. The fourth-order valence-electron chi connectivity index (χ4n) is 2.26. The molecule has 1 aliphatic rings. The summed E-state index contributed by atoms with van der Waals surface area (Å²) in [7, 11) is 0. The average molecular weight is 315 g/mol. The Balaban J connectivity index is 0.00000147. The van der Waals surface area contributed by atoms with Gasteiger partial charge in [0.2, 0.25) is 11.7 Å². The first kappa shape index (κ1) is 15.3. The van der Waals surface area contributed by atoms with Gasteiger partial charge in [-0.1, -0.05) is 28.9 Å². The van der Waals surface area contributed by atoms with Crippen molar-refractivity contribution in [1.29, 1.82) is 0 Å². The lowest BCUT2D eigenvalue weighted by atomic mass is 10.2. The highest BCUT2D eigenvalue weighted by Crippen LogP contribution is 2.20. The van der Waals surface area contributed by atoms with Crippen LogP contribution < -0.4 is 5.73 Å². The van der Waals surface area contributed by atoms with Gasteiger partial charge in [-0.2, -0.15) is 4.98 Å². The van der Waals surface area contributed by atoms with E-state index in [-0.39, 0.29) is 18.4 Å². The summed E-state index contributed by atoms with van der Waals surface area (Å²) in [6.45, 7) is 2.52. The second-order valence-electron chi connectivity index (χ2n) is 4.81. The zero-order valence-corrected chi connectivity index (χ0v) is 12.4. The maximum Gasteiger partial charge on any atom is 0.241 e. The highest BCUT2D eigenvalue weighted by atomic mass is 35.5. The van der Waals surface area contributed by atoms with E-state index < -0.39 is 0 Å². The molecule has 7 heteroatoms.